The topological polar surface area (TPSA) is 81.5 Å². The molecule has 1 aliphatic heterocycles. The van der Waals surface area contributed by atoms with Gasteiger partial charge in [-0.3, -0.25) is 19.0 Å². The van der Waals surface area contributed by atoms with Gasteiger partial charge < -0.3 is 9.64 Å². The van der Waals surface area contributed by atoms with Gasteiger partial charge >= 0.3 is 5.97 Å². The van der Waals surface area contributed by atoms with Gasteiger partial charge in [-0.2, -0.15) is 0 Å². The van der Waals surface area contributed by atoms with Gasteiger partial charge in [-0.1, -0.05) is 0 Å². The Bertz CT molecular complexity index is 947. The summed E-state index contributed by atoms with van der Waals surface area (Å²) in [7, 11) is 0. The first-order valence-electron chi connectivity index (χ1n) is 9.68. The van der Waals surface area contributed by atoms with Gasteiger partial charge in [0.2, 0.25) is 5.91 Å². The number of esters is 1. The molecule has 1 aliphatic rings. The third-order valence-corrected chi connectivity index (χ3v) is 5.00. The number of hydrogen-bond donors (Lipinski definition) is 0. The molecule has 8 heteroatoms. The fourth-order valence-corrected chi connectivity index (χ4v) is 3.45. The van der Waals surface area contributed by atoms with Crippen LogP contribution in [-0.4, -0.2) is 46.0 Å². The summed E-state index contributed by atoms with van der Waals surface area (Å²) in [5.74, 6) is -0.710. The number of benzene rings is 1. The Kier molecular flexibility index (Phi) is 6.41. The molecular weight excluding hydrogens is 377 g/mol. The molecule has 0 N–H and O–H groups in total. The zero-order valence-electron chi connectivity index (χ0n) is 16.6. The number of aryl methyl sites for hydroxylation is 1. The smallest absolute Gasteiger partial charge is 0.309 e. The Morgan fingerprint density at radius 1 is 1.21 bits per heavy atom. The molecule has 0 atom stereocenters. The first kappa shape index (κ1) is 20.7. The Hall–Kier alpha value is -3.03. The molecule has 1 aromatic carbocycles. The molecule has 2 heterocycles. The van der Waals surface area contributed by atoms with Gasteiger partial charge in [0.1, 0.15) is 18.2 Å². The van der Waals surface area contributed by atoms with Crippen LogP contribution in [0.25, 0.3) is 11.4 Å². The zero-order valence-corrected chi connectivity index (χ0v) is 16.6. The number of aromatic nitrogens is 2. The lowest BCUT2D eigenvalue weighted by molar-refractivity contribution is -0.151. The van der Waals surface area contributed by atoms with E-state index in [1.165, 1.54) is 34.9 Å². The number of halogens is 1. The average molecular weight is 401 g/mol. The van der Waals surface area contributed by atoms with Gasteiger partial charge in [0.25, 0.3) is 5.56 Å². The van der Waals surface area contributed by atoms with Gasteiger partial charge in [0.05, 0.1) is 12.5 Å². The third kappa shape index (κ3) is 4.88. The molecule has 29 heavy (non-hydrogen) atoms. The van der Waals surface area contributed by atoms with Crippen LogP contribution < -0.4 is 5.56 Å². The van der Waals surface area contributed by atoms with E-state index < -0.39 is 5.82 Å². The van der Waals surface area contributed by atoms with Crippen LogP contribution in [0.1, 0.15) is 25.5 Å². The molecule has 0 spiro atoms. The van der Waals surface area contributed by atoms with E-state index in [-0.39, 0.29) is 29.9 Å². The number of likely N-dealkylation sites (tertiary alicyclic amines) is 1. The first-order valence-corrected chi connectivity index (χ1v) is 9.68. The van der Waals surface area contributed by atoms with Crippen LogP contribution >= 0.6 is 0 Å². The minimum Gasteiger partial charge on any atom is -0.466 e. The van der Waals surface area contributed by atoms with Crippen LogP contribution in [0.2, 0.25) is 0 Å². The minimum atomic E-state index is -0.393. The number of ether oxygens (including phenoxy) is 1. The van der Waals surface area contributed by atoms with Gasteiger partial charge in [-0.15, -0.1) is 0 Å². The fourth-order valence-electron chi connectivity index (χ4n) is 3.45. The number of hydrogen-bond acceptors (Lipinski definition) is 5. The molecule has 3 rings (SSSR count). The molecule has 0 bridgehead atoms. The van der Waals surface area contributed by atoms with E-state index in [0.717, 1.165) is 0 Å². The molecule has 0 saturated carbocycles. The highest BCUT2D eigenvalue weighted by Crippen LogP contribution is 2.20. The highest BCUT2D eigenvalue weighted by molar-refractivity contribution is 5.78. The molecule has 1 fully saturated rings. The lowest BCUT2D eigenvalue weighted by atomic mass is 9.97. The van der Waals surface area contributed by atoms with E-state index in [1.807, 2.05) is 0 Å². The van der Waals surface area contributed by atoms with Crippen molar-refractivity contribution in [2.24, 2.45) is 5.92 Å². The normalized spacial score (nSPS) is 14.7. The summed E-state index contributed by atoms with van der Waals surface area (Å²) in [5.41, 5.74) is 0.737. The number of piperidine rings is 1. The van der Waals surface area contributed by atoms with Crippen LogP contribution in [0.5, 0.6) is 0 Å². The second-order valence-corrected chi connectivity index (χ2v) is 7.06. The maximum absolute atomic E-state index is 13.3. The second-order valence-electron chi connectivity index (χ2n) is 7.06. The van der Waals surface area contributed by atoms with Crippen molar-refractivity contribution in [3.8, 4) is 11.4 Å². The van der Waals surface area contributed by atoms with Crippen molar-refractivity contribution in [2.45, 2.75) is 33.2 Å². The summed E-state index contributed by atoms with van der Waals surface area (Å²) in [6.45, 7) is 4.50. The van der Waals surface area contributed by atoms with Crippen LogP contribution in [0.15, 0.2) is 35.1 Å². The van der Waals surface area contributed by atoms with E-state index in [4.69, 9.17) is 4.74 Å². The molecule has 0 aliphatic carbocycles. The van der Waals surface area contributed by atoms with Crippen LogP contribution in [0.4, 0.5) is 4.39 Å². The van der Waals surface area contributed by atoms with Crippen LogP contribution in [0, 0.1) is 18.7 Å². The van der Waals surface area contributed by atoms with Crippen molar-refractivity contribution in [2.75, 3.05) is 19.7 Å². The Morgan fingerprint density at radius 2 is 1.86 bits per heavy atom. The number of carbonyl (C=O) groups excluding carboxylic acids is 2. The number of rotatable bonds is 5. The van der Waals surface area contributed by atoms with Crippen molar-refractivity contribution >= 4 is 11.9 Å². The third-order valence-electron chi connectivity index (χ3n) is 5.00. The Morgan fingerprint density at radius 3 is 2.48 bits per heavy atom. The minimum absolute atomic E-state index is 0.164. The van der Waals surface area contributed by atoms with Gasteiger partial charge in [0, 0.05) is 30.4 Å². The van der Waals surface area contributed by atoms with Crippen molar-refractivity contribution < 1.29 is 18.7 Å². The van der Waals surface area contributed by atoms with Gasteiger partial charge in [-0.25, -0.2) is 9.37 Å². The summed E-state index contributed by atoms with van der Waals surface area (Å²) in [6, 6.07) is 7.00. The molecule has 0 unspecified atom stereocenters. The van der Waals surface area contributed by atoms with E-state index in [9.17, 15) is 18.8 Å². The summed E-state index contributed by atoms with van der Waals surface area (Å²) in [5, 5.41) is 0. The fraction of sp³-hybridized carbons (Fsp3) is 0.429. The number of carbonyl (C=O) groups is 2. The summed E-state index contributed by atoms with van der Waals surface area (Å²) < 4.78 is 19.6. The SMILES string of the molecule is CCOC(=O)C1CCN(C(=O)Cn2c(-c3ccc(F)cc3)nc(C)cc2=O)CC1. The van der Waals surface area contributed by atoms with Crippen molar-refractivity contribution in [1.29, 1.82) is 0 Å². The van der Waals surface area contributed by atoms with E-state index >= 15 is 0 Å². The molecular formula is C21H24FN3O4. The second kappa shape index (κ2) is 8.98. The average Bonchev–Trinajstić information content (AvgIpc) is 2.70. The van der Waals surface area contributed by atoms with Crippen molar-refractivity contribution in [3.05, 3.63) is 52.2 Å². The molecule has 1 saturated heterocycles. The molecule has 1 aromatic heterocycles. The summed E-state index contributed by atoms with van der Waals surface area (Å²) >= 11 is 0. The van der Waals surface area contributed by atoms with Gasteiger partial charge in [0.15, 0.2) is 0 Å². The van der Waals surface area contributed by atoms with Gasteiger partial charge in [-0.05, 0) is 51.0 Å². The summed E-state index contributed by atoms with van der Waals surface area (Å²) in [4.78, 5) is 43.3. The maximum atomic E-state index is 13.3. The predicted molar refractivity (Wildman–Crippen MR) is 105 cm³/mol. The Labute approximate surface area is 168 Å². The highest BCUT2D eigenvalue weighted by atomic mass is 19.1. The van der Waals surface area contributed by atoms with E-state index in [2.05, 4.69) is 4.98 Å². The number of nitrogens with zero attached hydrogens (tertiary/aromatic N) is 3. The van der Waals surface area contributed by atoms with Crippen molar-refractivity contribution in [1.82, 2.24) is 14.5 Å². The molecule has 7 nitrogen and oxygen atoms in total. The van der Waals surface area contributed by atoms with Crippen LogP contribution in [0.3, 0.4) is 0 Å². The number of amides is 1. The molecule has 0 radical (unpaired) electrons. The standard InChI is InChI=1S/C21H24FN3O4/c1-3-29-21(28)16-8-10-24(11-9-16)19(27)13-25-18(26)12-14(2)23-20(25)15-4-6-17(22)7-5-15/h4-7,12,16H,3,8-11,13H2,1-2H3. The maximum Gasteiger partial charge on any atom is 0.309 e. The largest absolute Gasteiger partial charge is 0.466 e. The predicted octanol–water partition coefficient (Wildman–Crippen LogP) is 2.16. The van der Waals surface area contributed by atoms with E-state index in [0.29, 0.717) is 49.6 Å². The monoisotopic (exact) mass is 401 g/mol. The first-order chi connectivity index (χ1) is 13.9. The summed E-state index contributed by atoms with van der Waals surface area (Å²) in [6.07, 6.45) is 1.08. The molecule has 154 valence electrons. The van der Waals surface area contributed by atoms with Crippen molar-refractivity contribution in [3.63, 3.8) is 0 Å². The molecule has 2 aromatic rings. The van der Waals surface area contributed by atoms with Crippen LogP contribution in [-0.2, 0) is 20.9 Å². The molecule has 1 amide bonds. The van der Waals surface area contributed by atoms with E-state index in [1.54, 1.807) is 18.7 Å². The Balaban J connectivity index is 1.77. The lowest BCUT2D eigenvalue weighted by Crippen LogP contribution is -2.43. The lowest BCUT2D eigenvalue weighted by Gasteiger charge is -2.31. The highest BCUT2D eigenvalue weighted by Gasteiger charge is 2.28. The zero-order chi connectivity index (χ0) is 21.0. The quantitative estimate of drug-likeness (QED) is 0.717.